The van der Waals surface area contributed by atoms with Gasteiger partial charge < -0.3 is 54.7 Å². The van der Waals surface area contributed by atoms with Gasteiger partial charge >= 0.3 is 5.97 Å². The summed E-state index contributed by atoms with van der Waals surface area (Å²) in [5, 5.41) is 45.5. The molecule has 0 aromatic heterocycles. The quantitative estimate of drug-likeness (QED) is 0.137. The van der Waals surface area contributed by atoms with Crippen LogP contribution in [0, 0.1) is 0 Å². The molecule has 1 aromatic carbocycles. The molecule has 39 heavy (non-hydrogen) atoms. The van der Waals surface area contributed by atoms with E-state index in [9.17, 15) is 30.0 Å². The Morgan fingerprint density at radius 1 is 0.949 bits per heavy atom. The second-order valence-electron chi connectivity index (χ2n) is 9.63. The Balaban J connectivity index is 1.99. The average Bonchev–Trinajstić information content (AvgIpc) is 2.88. The Labute approximate surface area is 228 Å². The van der Waals surface area contributed by atoms with Crippen LogP contribution in [0.5, 0.6) is 5.75 Å². The maximum Gasteiger partial charge on any atom is 0.335 e. The van der Waals surface area contributed by atoms with Crippen LogP contribution in [0.15, 0.2) is 18.2 Å². The van der Waals surface area contributed by atoms with Crippen molar-refractivity contribution in [3.63, 3.8) is 0 Å². The van der Waals surface area contributed by atoms with Crippen molar-refractivity contribution >= 4 is 11.9 Å². The maximum absolute atomic E-state index is 13.0. The molecule has 0 radical (unpaired) electrons. The number of hydrogen-bond acceptors (Lipinski definition) is 11. The largest absolute Gasteiger partial charge is 0.479 e. The first kappa shape index (κ1) is 32.8. The molecule has 1 amide bonds. The summed E-state index contributed by atoms with van der Waals surface area (Å²) >= 11 is 0. The molecule has 0 aliphatic carbocycles. The van der Waals surface area contributed by atoms with Crippen molar-refractivity contribution in [3.8, 4) is 5.75 Å². The van der Waals surface area contributed by atoms with Gasteiger partial charge in [-0.15, -0.1) is 0 Å². The van der Waals surface area contributed by atoms with E-state index >= 15 is 0 Å². The SMILES string of the molecule is CC(C)NCCOCCOCCNC(=O)c1cc(COC(C)C)ccc1O[C@@H]1O[C@H](C(=O)O)[C@@H](O)[C@H](O)[C@H]1O. The van der Waals surface area contributed by atoms with Crippen LogP contribution in [0.4, 0.5) is 0 Å². The summed E-state index contributed by atoms with van der Waals surface area (Å²) in [6.45, 7) is 10.6. The lowest BCUT2D eigenvalue weighted by Gasteiger charge is -2.38. The molecule has 1 fully saturated rings. The molecule has 0 spiro atoms. The zero-order chi connectivity index (χ0) is 28.9. The predicted molar refractivity (Wildman–Crippen MR) is 138 cm³/mol. The highest BCUT2D eigenvalue weighted by Crippen LogP contribution is 2.28. The van der Waals surface area contributed by atoms with Crippen molar-refractivity contribution in [3.05, 3.63) is 29.3 Å². The minimum absolute atomic E-state index is 0.0260. The summed E-state index contributed by atoms with van der Waals surface area (Å²) < 4.78 is 27.4. The molecular formula is C26H42N2O11. The second kappa shape index (κ2) is 16.7. The van der Waals surface area contributed by atoms with Crippen molar-refractivity contribution < 1.29 is 53.7 Å². The van der Waals surface area contributed by atoms with Gasteiger partial charge in [0.25, 0.3) is 5.91 Å². The van der Waals surface area contributed by atoms with E-state index in [-0.39, 0.29) is 37.2 Å². The highest BCUT2D eigenvalue weighted by atomic mass is 16.7. The van der Waals surface area contributed by atoms with Crippen LogP contribution >= 0.6 is 0 Å². The first-order valence-electron chi connectivity index (χ1n) is 13.0. The highest BCUT2D eigenvalue weighted by Gasteiger charge is 2.48. The number of rotatable bonds is 17. The van der Waals surface area contributed by atoms with Gasteiger partial charge in [0.1, 0.15) is 24.1 Å². The van der Waals surface area contributed by atoms with Crippen LogP contribution in [0.2, 0.25) is 0 Å². The summed E-state index contributed by atoms with van der Waals surface area (Å²) in [4.78, 5) is 24.4. The number of benzene rings is 1. The molecule has 1 saturated heterocycles. The molecule has 0 unspecified atom stereocenters. The van der Waals surface area contributed by atoms with Crippen molar-refractivity contribution in [1.82, 2.24) is 10.6 Å². The number of aliphatic hydroxyl groups excluding tert-OH is 3. The molecule has 222 valence electrons. The Morgan fingerprint density at radius 3 is 2.23 bits per heavy atom. The minimum atomic E-state index is -1.86. The van der Waals surface area contributed by atoms with Gasteiger partial charge in [-0.25, -0.2) is 4.79 Å². The third-order valence-electron chi connectivity index (χ3n) is 5.63. The number of hydrogen-bond donors (Lipinski definition) is 6. The summed E-state index contributed by atoms with van der Waals surface area (Å²) in [6.07, 6.45) is -9.01. The molecule has 1 aliphatic rings. The second-order valence-corrected chi connectivity index (χ2v) is 9.63. The number of ether oxygens (including phenoxy) is 5. The molecule has 1 heterocycles. The number of carboxylic acid groups (broad SMARTS) is 1. The number of nitrogens with one attached hydrogen (secondary N) is 2. The molecule has 6 N–H and O–H groups in total. The fourth-order valence-corrected chi connectivity index (χ4v) is 3.56. The number of carboxylic acids is 1. The fraction of sp³-hybridized carbons (Fsp3) is 0.692. The van der Waals surface area contributed by atoms with Crippen LogP contribution in [0.1, 0.15) is 43.6 Å². The van der Waals surface area contributed by atoms with Crippen molar-refractivity contribution in [1.29, 1.82) is 0 Å². The smallest absolute Gasteiger partial charge is 0.335 e. The van der Waals surface area contributed by atoms with Gasteiger partial charge in [0.2, 0.25) is 6.29 Å². The van der Waals surface area contributed by atoms with E-state index in [0.717, 1.165) is 6.54 Å². The molecule has 0 bridgehead atoms. The van der Waals surface area contributed by atoms with Crippen LogP contribution in [0.25, 0.3) is 0 Å². The van der Waals surface area contributed by atoms with Gasteiger partial charge in [0.15, 0.2) is 6.10 Å². The molecular weight excluding hydrogens is 516 g/mol. The van der Waals surface area contributed by atoms with E-state index in [0.29, 0.717) is 31.4 Å². The lowest BCUT2D eigenvalue weighted by atomic mass is 9.99. The van der Waals surface area contributed by atoms with E-state index in [1.807, 2.05) is 13.8 Å². The van der Waals surface area contributed by atoms with Gasteiger partial charge in [-0.2, -0.15) is 0 Å². The van der Waals surface area contributed by atoms with E-state index in [1.54, 1.807) is 12.1 Å². The Bertz CT molecular complexity index is 899. The zero-order valence-corrected chi connectivity index (χ0v) is 22.9. The lowest BCUT2D eigenvalue weighted by Crippen LogP contribution is -2.61. The lowest BCUT2D eigenvalue weighted by molar-refractivity contribution is -0.271. The third-order valence-corrected chi connectivity index (χ3v) is 5.63. The van der Waals surface area contributed by atoms with Crippen molar-refractivity contribution in [2.24, 2.45) is 0 Å². The molecule has 2 rings (SSSR count). The average molecular weight is 559 g/mol. The number of amides is 1. The van der Waals surface area contributed by atoms with E-state index in [4.69, 9.17) is 23.7 Å². The monoisotopic (exact) mass is 558 g/mol. The van der Waals surface area contributed by atoms with Gasteiger partial charge in [0.05, 0.1) is 44.7 Å². The maximum atomic E-state index is 13.0. The topological polar surface area (TPSA) is 185 Å². The van der Waals surface area contributed by atoms with Gasteiger partial charge in [0, 0.05) is 19.1 Å². The summed E-state index contributed by atoms with van der Waals surface area (Å²) in [5.74, 6) is -2.09. The zero-order valence-electron chi connectivity index (χ0n) is 22.9. The fourth-order valence-electron chi connectivity index (χ4n) is 3.56. The Kier molecular flexibility index (Phi) is 14.0. The number of aliphatic carboxylic acids is 1. The number of carbonyl (C=O) groups excluding carboxylic acids is 1. The standard InChI is InChI=1S/C26H42N2O11/c1-15(2)27-7-9-35-11-12-36-10-8-28-24(32)18-13-17(14-37-16(3)4)5-6-19(18)38-26-22(31)20(29)21(30)23(39-26)25(33)34/h5-6,13,15-16,20-23,26-27,29-31H,7-12,14H2,1-4H3,(H,28,32)(H,33,34)/t20-,21-,22+,23-,26+/m0/s1. The van der Waals surface area contributed by atoms with Gasteiger partial charge in [-0.1, -0.05) is 19.9 Å². The first-order valence-corrected chi connectivity index (χ1v) is 13.0. The van der Waals surface area contributed by atoms with E-state index in [2.05, 4.69) is 24.5 Å². The Hall–Kier alpha value is -2.36. The molecule has 1 aliphatic heterocycles. The minimum Gasteiger partial charge on any atom is -0.479 e. The summed E-state index contributed by atoms with van der Waals surface area (Å²) in [6, 6.07) is 5.04. The first-order chi connectivity index (χ1) is 18.5. The van der Waals surface area contributed by atoms with E-state index in [1.165, 1.54) is 6.07 Å². The molecule has 1 aromatic rings. The van der Waals surface area contributed by atoms with Gasteiger partial charge in [-0.05, 0) is 31.5 Å². The summed E-state index contributed by atoms with van der Waals surface area (Å²) in [7, 11) is 0. The van der Waals surface area contributed by atoms with Crippen LogP contribution < -0.4 is 15.4 Å². The number of aliphatic hydroxyl groups is 3. The molecule has 5 atom stereocenters. The van der Waals surface area contributed by atoms with Crippen molar-refractivity contribution in [2.45, 2.75) is 77.2 Å². The molecule has 13 heteroatoms. The van der Waals surface area contributed by atoms with Gasteiger partial charge in [-0.3, -0.25) is 4.79 Å². The third kappa shape index (κ3) is 11.0. The van der Waals surface area contributed by atoms with Crippen LogP contribution in [-0.2, 0) is 30.3 Å². The van der Waals surface area contributed by atoms with E-state index < -0.39 is 42.6 Å². The predicted octanol–water partition coefficient (Wildman–Crippen LogP) is -0.356. The Morgan fingerprint density at radius 2 is 1.62 bits per heavy atom. The van der Waals surface area contributed by atoms with Crippen LogP contribution in [0.3, 0.4) is 0 Å². The van der Waals surface area contributed by atoms with Crippen LogP contribution in [-0.4, -0.2) is 115 Å². The molecule has 0 saturated carbocycles. The normalized spacial score (nSPS) is 23.3. The molecule has 13 nitrogen and oxygen atoms in total. The summed E-state index contributed by atoms with van der Waals surface area (Å²) in [5.41, 5.74) is 0.745. The van der Waals surface area contributed by atoms with Crippen molar-refractivity contribution in [2.75, 3.05) is 39.5 Å². The highest BCUT2D eigenvalue weighted by molar-refractivity contribution is 5.97. The number of carbonyl (C=O) groups is 2.